The Morgan fingerprint density at radius 2 is 1.44 bits per heavy atom. The fraction of sp³-hybridized carbons (Fsp3) is 0.531. The highest BCUT2D eigenvalue weighted by Gasteiger charge is 2.34. The summed E-state index contributed by atoms with van der Waals surface area (Å²) in [5.74, 6) is -1.45. The predicted octanol–water partition coefficient (Wildman–Crippen LogP) is 1.82. The van der Waals surface area contributed by atoms with Gasteiger partial charge in [-0.05, 0) is 62.3 Å². The largest absolute Gasteiger partial charge is 0.480 e. The predicted molar refractivity (Wildman–Crippen MR) is 162 cm³/mol. The van der Waals surface area contributed by atoms with Crippen molar-refractivity contribution in [2.75, 3.05) is 26.3 Å². The first-order valence-corrected chi connectivity index (χ1v) is 14.9. The van der Waals surface area contributed by atoms with E-state index in [2.05, 4.69) is 5.32 Å². The van der Waals surface area contributed by atoms with Crippen LogP contribution in [-0.2, 0) is 14.3 Å². The van der Waals surface area contributed by atoms with Crippen molar-refractivity contribution in [2.24, 2.45) is 0 Å². The molecule has 0 radical (unpaired) electrons. The number of benzene rings is 2. The number of carboxylic acids is 1. The number of aliphatic hydroxyl groups is 5. The maximum absolute atomic E-state index is 12.8. The maximum Gasteiger partial charge on any atom is 0.410 e. The van der Waals surface area contributed by atoms with Crippen molar-refractivity contribution < 1.29 is 54.5 Å². The number of rotatable bonds is 15. The molecule has 2 aromatic rings. The molecule has 0 bridgehead atoms. The van der Waals surface area contributed by atoms with Crippen LogP contribution < -0.4 is 5.32 Å². The zero-order valence-electron chi connectivity index (χ0n) is 25.7. The van der Waals surface area contributed by atoms with E-state index in [0.29, 0.717) is 0 Å². The Morgan fingerprint density at radius 1 is 0.889 bits per heavy atom. The van der Waals surface area contributed by atoms with Gasteiger partial charge in [0.1, 0.15) is 42.7 Å². The van der Waals surface area contributed by atoms with Gasteiger partial charge in [0.15, 0.2) is 0 Å². The second kappa shape index (κ2) is 16.0. The van der Waals surface area contributed by atoms with Crippen LogP contribution in [0.5, 0.6) is 0 Å². The van der Waals surface area contributed by atoms with Gasteiger partial charge in [-0.15, -0.1) is 0 Å². The van der Waals surface area contributed by atoms with Crippen LogP contribution in [0.4, 0.5) is 9.59 Å². The van der Waals surface area contributed by atoms with Crippen molar-refractivity contribution in [2.45, 2.75) is 82.0 Å². The Hall–Kier alpha value is -3.75. The number of aliphatic hydroxyl groups excluding tert-OH is 5. The lowest BCUT2D eigenvalue weighted by Crippen LogP contribution is -2.51. The minimum Gasteiger partial charge on any atom is -0.480 e. The van der Waals surface area contributed by atoms with E-state index >= 15 is 0 Å². The van der Waals surface area contributed by atoms with Crippen LogP contribution in [0, 0.1) is 0 Å². The van der Waals surface area contributed by atoms with Crippen molar-refractivity contribution in [3.8, 4) is 11.1 Å². The van der Waals surface area contributed by atoms with Crippen LogP contribution in [-0.4, -0.2) is 116 Å². The topological polar surface area (TPSA) is 206 Å². The number of nitrogens with zero attached hydrogens (tertiary/aromatic N) is 1. The number of hydrogen-bond acceptors (Lipinski definition) is 10. The molecule has 0 aliphatic heterocycles. The molecule has 5 atom stereocenters. The third-order valence-electron chi connectivity index (χ3n) is 7.49. The van der Waals surface area contributed by atoms with E-state index in [4.69, 9.17) is 14.6 Å². The maximum atomic E-state index is 12.8. The number of carbonyl (C=O) groups is 3. The molecule has 0 heterocycles. The Morgan fingerprint density at radius 3 is 1.98 bits per heavy atom. The normalized spacial score (nSPS) is 16.0. The van der Waals surface area contributed by atoms with Crippen molar-refractivity contribution >= 4 is 18.2 Å². The summed E-state index contributed by atoms with van der Waals surface area (Å²) in [6.45, 7) is 3.59. The van der Waals surface area contributed by atoms with Gasteiger partial charge in [0, 0.05) is 12.5 Å². The number of unbranched alkanes of at least 4 members (excludes halogenated alkanes) is 1. The summed E-state index contributed by atoms with van der Waals surface area (Å²) in [5.41, 5.74) is 3.28. The third kappa shape index (κ3) is 9.87. The average Bonchev–Trinajstić information content (AvgIpc) is 3.32. The van der Waals surface area contributed by atoms with Crippen molar-refractivity contribution in [3.05, 3.63) is 59.7 Å². The summed E-state index contributed by atoms with van der Waals surface area (Å²) in [6.07, 6.45) is -8.37. The van der Waals surface area contributed by atoms with Crippen molar-refractivity contribution in [1.82, 2.24) is 10.2 Å². The minimum atomic E-state index is -1.88. The number of alkyl carbamates (subject to hydrolysis) is 1. The van der Waals surface area contributed by atoms with Gasteiger partial charge in [-0.3, -0.25) is 0 Å². The highest BCUT2D eigenvalue weighted by atomic mass is 16.6. The number of ether oxygens (including phenoxy) is 2. The molecule has 1 aliphatic carbocycles. The van der Waals surface area contributed by atoms with Gasteiger partial charge in [0.2, 0.25) is 0 Å². The molecule has 5 unspecified atom stereocenters. The van der Waals surface area contributed by atoms with E-state index in [0.717, 1.165) is 27.2 Å². The van der Waals surface area contributed by atoms with E-state index < -0.39 is 67.4 Å². The fourth-order valence-electron chi connectivity index (χ4n) is 5.17. The van der Waals surface area contributed by atoms with Crippen LogP contribution in [0.3, 0.4) is 0 Å². The van der Waals surface area contributed by atoms with E-state index in [1.54, 1.807) is 20.8 Å². The summed E-state index contributed by atoms with van der Waals surface area (Å²) in [4.78, 5) is 38.4. The van der Waals surface area contributed by atoms with Gasteiger partial charge in [0.05, 0.1) is 13.2 Å². The van der Waals surface area contributed by atoms with Gasteiger partial charge < -0.3 is 50.3 Å². The van der Waals surface area contributed by atoms with Gasteiger partial charge in [-0.1, -0.05) is 48.5 Å². The molecule has 0 spiro atoms. The van der Waals surface area contributed by atoms with Crippen LogP contribution in [0.15, 0.2) is 48.5 Å². The number of amides is 2. The molecule has 2 aromatic carbocycles. The SMILES string of the molecule is CC(C)(C)OC(=O)N(CCCCC(NC(=O)OCC1c2ccccc2-c2ccccc21)C(=O)O)CC(O)C(O)C(O)C(O)CO. The lowest BCUT2D eigenvalue weighted by molar-refractivity contribution is -0.139. The Balaban J connectivity index is 1.54. The molecule has 1 aliphatic rings. The lowest BCUT2D eigenvalue weighted by Gasteiger charge is -2.32. The molecule has 0 aromatic heterocycles. The molecule has 45 heavy (non-hydrogen) atoms. The Kier molecular flexibility index (Phi) is 12.7. The number of carbonyl (C=O) groups excluding carboxylic acids is 2. The summed E-state index contributed by atoms with van der Waals surface area (Å²) in [7, 11) is 0. The molecular formula is C32H44N2O11. The van der Waals surface area contributed by atoms with Gasteiger partial charge >= 0.3 is 18.2 Å². The zero-order chi connectivity index (χ0) is 33.3. The molecule has 13 nitrogen and oxygen atoms in total. The molecule has 3 rings (SSSR count). The Bertz CT molecular complexity index is 1250. The second-order valence-corrected chi connectivity index (χ2v) is 12.1. The summed E-state index contributed by atoms with van der Waals surface area (Å²) in [5, 5.41) is 61.2. The van der Waals surface area contributed by atoms with Gasteiger partial charge in [-0.25, -0.2) is 14.4 Å². The fourth-order valence-corrected chi connectivity index (χ4v) is 5.17. The van der Waals surface area contributed by atoms with Crippen LogP contribution >= 0.6 is 0 Å². The number of nitrogens with one attached hydrogen (secondary N) is 1. The number of fused-ring (bicyclic) bond motifs is 3. The highest BCUT2D eigenvalue weighted by molar-refractivity contribution is 5.81. The molecule has 0 saturated carbocycles. The smallest absolute Gasteiger partial charge is 0.410 e. The third-order valence-corrected chi connectivity index (χ3v) is 7.49. The Labute approximate surface area is 262 Å². The molecule has 13 heteroatoms. The molecule has 2 amide bonds. The summed E-state index contributed by atoms with van der Waals surface area (Å²) < 4.78 is 10.8. The van der Waals surface area contributed by atoms with Crippen molar-refractivity contribution in [3.63, 3.8) is 0 Å². The number of aliphatic carboxylic acids is 1. The minimum absolute atomic E-state index is 0.00821. The number of carboxylic acid groups (broad SMARTS) is 1. The van der Waals surface area contributed by atoms with E-state index in [9.17, 15) is 39.9 Å². The van der Waals surface area contributed by atoms with E-state index in [1.807, 2.05) is 48.5 Å². The average molecular weight is 633 g/mol. The molecular weight excluding hydrogens is 588 g/mol. The van der Waals surface area contributed by atoms with Crippen LogP contribution in [0.1, 0.15) is 57.1 Å². The van der Waals surface area contributed by atoms with Gasteiger partial charge in [0.25, 0.3) is 0 Å². The van der Waals surface area contributed by atoms with E-state index in [-0.39, 0.29) is 38.3 Å². The lowest BCUT2D eigenvalue weighted by atomic mass is 9.98. The second-order valence-electron chi connectivity index (χ2n) is 12.1. The number of hydrogen-bond donors (Lipinski definition) is 7. The van der Waals surface area contributed by atoms with Crippen LogP contribution in [0.2, 0.25) is 0 Å². The first-order valence-electron chi connectivity index (χ1n) is 14.9. The molecule has 7 N–H and O–H groups in total. The summed E-state index contributed by atoms with van der Waals surface area (Å²) >= 11 is 0. The first kappa shape index (κ1) is 35.7. The molecule has 0 saturated heterocycles. The van der Waals surface area contributed by atoms with Crippen LogP contribution in [0.25, 0.3) is 11.1 Å². The zero-order valence-corrected chi connectivity index (χ0v) is 25.7. The first-order chi connectivity index (χ1) is 21.2. The monoisotopic (exact) mass is 632 g/mol. The highest BCUT2D eigenvalue weighted by Crippen LogP contribution is 2.44. The summed E-state index contributed by atoms with van der Waals surface area (Å²) in [6, 6.07) is 14.4. The quantitative estimate of drug-likeness (QED) is 0.141. The molecule has 0 fully saturated rings. The molecule has 248 valence electrons. The van der Waals surface area contributed by atoms with Crippen molar-refractivity contribution in [1.29, 1.82) is 0 Å². The van der Waals surface area contributed by atoms with Gasteiger partial charge in [-0.2, -0.15) is 0 Å². The standard InChI is InChI=1S/C32H44N2O11/c1-32(2,3)45-31(43)34(16-25(36)27(38)28(39)26(37)17-35)15-9-8-14-24(29(40)41)33-30(42)44-18-23-21-12-6-4-10-19(21)20-11-5-7-13-22(20)23/h4-7,10-13,23-28,35-39H,8-9,14-18H2,1-3H3,(H,33,42)(H,40,41). The van der Waals surface area contributed by atoms with E-state index in [1.165, 1.54) is 0 Å².